The van der Waals surface area contributed by atoms with Crippen LogP contribution in [0.25, 0.3) is 11.0 Å². The van der Waals surface area contributed by atoms with Crippen LogP contribution in [0.2, 0.25) is 0 Å². The summed E-state index contributed by atoms with van der Waals surface area (Å²) in [6.07, 6.45) is 6.05. The van der Waals surface area contributed by atoms with Gasteiger partial charge in [-0.25, -0.2) is 13.4 Å². The van der Waals surface area contributed by atoms with Gasteiger partial charge in [0.25, 0.3) is 0 Å². The molecule has 4 heterocycles. The Kier molecular flexibility index (Phi) is 5.82. The van der Waals surface area contributed by atoms with E-state index < -0.39 is 9.84 Å². The quantitative estimate of drug-likeness (QED) is 0.572. The summed E-state index contributed by atoms with van der Waals surface area (Å²) in [5.41, 5.74) is 2.02. The Labute approximate surface area is 190 Å². The first-order valence-electron chi connectivity index (χ1n) is 11.5. The zero-order valence-electron chi connectivity index (χ0n) is 18.7. The molecular formula is C24H31N5O2S. The maximum absolute atomic E-state index is 11.9. The number of sulfone groups is 1. The third-order valence-corrected chi connectivity index (χ3v) is 7.78. The van der Waals surface area contributed by atoms with Crippen molar-refractivity contribution in [2.24, 2.45) is 0 Å². The third kappa shape index (κ3) is 4.47. The fourth-order valence-electron chi connectivity index (χ4n) is 4.77. The average Bonchev–Trinajstić information content (AvgIpc) is 3.47. The van der Waals surface area contributed by atoms with Crippen LogP contribution in [0.3, 0.4) is 0 Å². The zero-order valence-corrected chi connectivity index (χ0v) is 19.5. The first kappa shape index (κ1) is 21.3. The van der Waals surface area contributed by atoms with Crippen LogP contribution in [0.1, 0.15) is 12.8 Å². The second-order valence-corrected chi connectivity index (χ2v) is 10.9. The molecule has 7 nitrogen and oxygen atoms in total. The highest BCUT2D eigenvalue weighted by Crippen LogP contribution is 2.24. The molecule has 2 fully saturated rings. The summed E-state index contributed by atoms with van der Waals surface area (Å²) < 4.78 is 26.1. The molecule has 0 atom stereocenters. The van der Waals surface area contributed by atoms with Crippen LogP contribution in [0.4, 0.5) is 11.5 Å². The topological polar surface area (TPSA) is 61.7 Å². The van der Waals surface area contributed by atoms with Crippen LogP contribution < -0.4 is 9.80 Å². The zero-order chi connectivity index (χ0) is 22.1. The first-order valence-corrected chi connectivity index (χ1v) is 13.3. The van der Waals surface area contributed by atoms with E-state index in [1.165, 1.54) is 37.6 Å². The number of likely N-dealkylation sites (tertiary alicyclic amines) is 1. The smallest absolute Gasteiger partial charge is 0.175 e. The van der Waals surface area contributed by atoms with Crippen molar-refractivity contribution in [2.45, 2.75) is 24.3 Å². The highest BCUT2D eigenvalue weighted by atomic mass is 32.2. The number of benzene rings is 1. The molecule has 0 saturated carbocycles. The van der Waals surface area contributed by atoms with Crippen molar-refractivity contribution in [1.29, 1.82) is 0 Å². The van der Waals surface area contributed by atoms with E-state index in [2.05, 4.69) is 43.7 Å². The van der Waals surface area contributed by atoms with Crippen molar-refractivity contribution in [3.8, 4) is 0 Å². The molecule has 0 N–H and O–H groups in total. The number of rotatable bonds is 6. The summed E-state index contributed by atoms with van der Waals surface area (Å²) in [6.45, 7) is 7.88. The molecule has 5 rings (SSSR count). The fraction of sp³-hybridized carbons (Fsp3) is 0.458. The molecule has 8 heteroatoms. The van der Waals surface area contributed by atoms with Gasteiger partial charge in [-0.05, 0) is 62.3 Å². The van der Waals surface area contributed by atoms with E-state index in [1.54, 1.807) is 12.1 Å². The van der Waals surface area contributed by atoms with Gasteiger partial charge in [0.2, 0.25) is 0 Å². The number of fused-ring (bicyclic) bond motifs is 1. The van der Waals surface area contributed by atoms with E-state index in [0.29, 0.717) is 4.90 Å². The standard InChI is InChI=1S/C24H31N5O2S/c1-32(30,31)22-6-4-5-21(19-22)27-15-17-28(18-16-27)23-8-7-20-9-12-29(24(20)25-23)14-13-26-10-2-3-11-26/h4-9,12,19H,2-3,10-11,13-18H2,1H3. The molecule has 170 valence electrons. The molecule has 2 aliphatic rings. The summed E-state index contributed by atoms with van der Waals surface area (Å²) in [6, 6.07) is 13.7. The summed E-state index contributed by atoms with van der Waals surface area (Å²) in [5, 5.41) is 1.19. The maximum Gasteiger partial charge on any atom is 0.175 e. The monoisotopic (exact) mass is 453 g/mol. The van der Waals surface area contributed by atoms with Gasteiger partial charge in [0.05, 0.1) is 4.90 Å². The molecule has 32 heavy (non-hydrogen) atoms. The van der Waals surface area contributed by atoms with Gasteiger partial charge < -0.3 is 19.3 Å². The number of hydrogen-bond donors (Lipinski definition) is 0. The molecule has 1 aromatic carbocycles. The number of pyridine rings is 1. The molecule has 3 aromatic rings. The van der Waals surface area contributed by atoms with Gasteiger partial charge in [-0.15, -0.1) is 0 Å². The minimum Gasteiger partial charge on any atom is -0.368 e. The van der Waals surface area contributed by atoms with Crippen molar-refractivity contribution in [3.05, 3.63) is 48.7 Å². The molecule has 0 spiro atoms. The lowest BCUT2D eigenvalue weighted by molar-refractivity contribution is 0.324. The Balaban J connectivity index is 1.27. The van der Waals surface area contributed by atoms with Gasteiger partial charge in [-0.1, -0.05) is 6.07 Å². The van der Waals surface area contributed by atoms with Crippen molar-refractivity contribution >= 4 is 32.4 Å². The third-order valence-electron chi connectivity index (χ3n) is 6.67. The van der Waals surface area contributed by atoms with Crippen molar-refractivity contribution in [3.63, 3.8) is 0 Å². The van der Waals surface area contributed by atoms with Crippen LogP contribution in [0, 0.1) is 0 Å². The first-order chi connectivity index (χ1) is 15.5. The molecule has 2 aliphatic heterocycles. The molecule has 0 bridgehead atoms. The van der Waals surface area contributed by atoms with E-state index in [1.807, 2.05) is 12.1 Å². The van der Waals surface area contributed by atoms with Crippen molar-refractivity contribution in [2.75, 3.05) is 61.9 Å². The van der Waals surface area contributed by atoms with Crippen LogP contribution >= 0.6 is 0 Å². The Morgan fingerprint density at radius 1 is 0.875 bits per heavy atom. The normalized spacial score (nSPS) is 18.0. The Morgan fingerprint density at radius 2 is 1.62 bits per heavy atom. The van der Waals surface area contributed by atoms with E-state index in [4.69, 9.17) is 4.98 Å². The molecule has 2 saturated heterocycles. The molecule has 0 radical (unpaired) electrons. The fourth-order valence-corrected chi connectivity index (χ4v) is 5.43. The highest BCUT2D eigenvalue weighted by Gasteiger charge is 2.20. The highest BCUT2D eigenvalue weighted by molar-refractivity contribution is 7.90. The summed E-state index contributed by atoms with van der Waals surface area (Å²) >= 11 is 0. The molecular weight excluding hydrogens is 422 g/mol. The lowest BCUT2D eigenvalue weighted by Gasteiger charge is -2.36. The second kappa shape index (κ2) is 8.75. The van der Waals surface area contributed by atoms with E-state index >= 15 is 0 Å². The predicted molar refractivity (Wildman–Crippen MR) is 129 cm³/mol. The molecule has 2 aromatic heterocycles. The van der Waals surface area contributed by atoms with E-state index in [9.17, 15) is 8.42 Å². The van der Waals surface area contributed by atoms with Gasteiger partial charge in [-0.2, -0.15) is 0 Å². The Hall–Kier alpha value is -2.58. The van der Waals surface area contributed by atoms with Crippen LogP contribution in [-0.4, -0.2) is 74.9 Å². The van der Waals surface area contributed by atoms with Crippen LogP contribution in [0.15, 0.2) is 53.6 Å². The van der Waals surface area contributed by atoms with Gasteiger partial charge >= 0.3 is 0 Å². The number of piperazine rings is 1. The minimum absolute atomic E-state index is 0.374. The minimum atomic E-state index is -3.20. The molecule has 0 amide bonds. The number of aromatic nitrogens is 2. The number of hydrogen-bond acceptors (Lipinski definition) is 6. The summed E-state index contributed by atoms with van der Waals surface area (Å²) in [7, 11) is -3.20. The van der Waals surface area contributed by atoms with Crippen LogP contribution in [-0.2, 0) is 16.4 Å². The van der Waals surface area contributed by atoms with Crippen LogP contribution in [0.5, 0.6) is 0 Å². The summed E-state index contributed by atoms with van der Waals surface area (Å²) in [4.78, 5) is 12.5. The Bertz CT molecular complexity index is 1190. The van der Waals surface area contributed by atoms with Gasteiger partial charge in [0.1, 0.15) is 11.5 Å². The maximum atomic E-state index is 11.9. The molecule has 0 aliphatic carbocycles. The van der Waals surface area contributed by atoms with E-state index in [-0.39, 0.29) is 0 Å². The van der Waals surface area contributed by atoms with E-state index in [0.717, 1.165) is 56.4 Å². The van der Waals surface area contributed by atoms with Crippen molar-refractivity contribution in [1.82, 2.24) is 14.5 Å². The van der Waals surface area contributed by atoms with Gasteiger partial charge in [0, 0.05) is 62.8 Å². The summed E-state index contributed by atoms with van der Waals surface area (Å²) in [5.74, 6) is 1.02. The van der Waals surface area contributed by atoms with Gasteiger partial charge in [0.15, 0.2) is 9.84 Å². The average molecular weight is 454 g/mol. The second-order valence-electron chi connectivity index (χ2n) is 8.88. The predicted octanol–water partition coefficient (Wildman–Crippen LogP) is 2.86. The van der Waals surface area contributed by atoms with Gasteiger partial charge in [-0.3, -0.25) is 0 Å². The lowest BCUT2D eigenvalue weighted by Crippen LogP contribution is -2.46. The Morgan fingerprint density at radius 3 is 2.38 bits per heavy atom. The SMILES string of the molecule is CS(=O)(=O)c1cccc(N2CCN(c3ccc4ccn(CCN5CCCC5)c4n3)CC2)c1. The number of anilines is 2. The molecule has 0 unspecified atom stereocenters. The lowest BCUT2D eigenvalue weighted by atomic mass is 10.2. The largest absolute Gasteiger partial charge is 0.368 e. The number of nitrogens with zero attached hydrogens (tertiary/aromatic N) is 5. The van der Waals surface area contributed by atoms with Crippen molar-refractivity contribution < 1.29 is 8.42 Å².